The van der Waals surface area contributed by atoms with E-state index in [1.807, 2.05) is 20.9 Å². The molecule has 2 aromatic carbocycles. The number of nitrogens with one attached hydrogen (secondary N) is 1. The van der Waals surface area contributed by atoms with Gasteiger partial charge in [-0.2, -0.15) is 0 Å². The number of fused-ring (bicyclic) bond motifs is 1. The Bertz CT molecular complexity index is 1330. The Kier molecular flexibility index (Phi) is 6.26. The molecule has 0 fully saturated rings. The lowest BCUT2D eigenvalue weighted by atomic mass is 10.00. The number of para-hydroxylation sites is 2. The third-order valence-electron chi connectivity index (χ3n) is 5.50. The van der Waals surface area contributed by atoms with Crippen molar-refractivity contribution in [3.05, 3.63) is 71.2 Å². The van der Waals surface area contributed by atoms with Crippen LogP contribution in [0.3, 0.4) is 0 Å². The van der Waals surface area contributed by atoms with Gasteiger partial charge in [0.05, 0.1) is 18.2 Å². The zero-order valence-corrected chi connectivity index (χ0v) is 19.0. The number of rotatable bonds is 7. The minimum atomic E-state index is -0.393. The van der Waals surface area contributed by atoms with Gasteiger partial charge in [-0.15, -0.1) is 5.10 Å². The number of pyridine rings is 1. The third-order valence-corrected chi connectivity index (χ3v) is 5.50. The number of halogens is 1. The summed E-state index contributed by atoms with van der Waals surface area (Å²) in [4.78, 5) is 17.4. The molecular formula is C25H25FN4O3. The first-order chi connectivity index (χ1) is 15.9. The first-order valence-corrected chi connectivity index (χ1v) is 10.6. The van der Waals surface area contributed by atoms with Gasteiger partial charge in [0.1, 0.15) is 11.6 Å². The Morgan fingerprint density at radius 2 is 1.94 bits per heavy atom. The largest absolute Gasteiger partial charge is 0.479 e. The molecule has 33 heavy (non-hydrogen) atoms. The predicted octanol–water partition coefficient (Wildman–Crippen LogP) is 5.10. The molecule has 2 heterocycles. The van der Waals surface area contributed by atoms with E-state index in [4.69, 9.17) is 9.47 Å². The molecule has 170 valence electrons. The average Bonchev–Trinajstić information content (AvgIpc) is 3.10. The quantitative estimate of drug-likeness (QED) is 0.426. The summed E-state index contributed by atoms with van der Waals surface area (Å²) >= 11 is 0. The van der Waals surface area contributed by atoms with Crippen molar-refractivity contribution >= 4 is 22.6 Å². The molecule has 1 N–H and O–H groups in total. The molecule has 0 spiro atoms. The molecule has 2 aromatic heterocycles. The maximum Gasteiger partial charge on any atom is 0.242 e. The van der Waals surface area contributed by atoms with Crippen LogP contribution < -0.4 is 14.8 Å². The van der Waals surface area contributed by atoms with E-state index in [-0.39, 0.29) is 12.3 Å². The van der Waals surface area contributed by atoms with E-state index in [2.05, 4.69) is 15.4 Å². The number of hydrogen-bond donors (Lipinski definition) is 1. The minimum Gasteiger partial charge on any atom is -0.479 e. The van der Waals surface area contributed by atoms with Crippen molar-refractivity contribution in [1.82, 2.24) is 14.8 Å². The van der Waals surface area contributed by atoms with Crippen molar-refractivity contribution < 1.29 is 18.7 Å². The molecule has 0 radical (unpaired) electrons. The van der Waals surface area contributed by atoms with E-state index in [9.17, 15) is 9.18 Å². The topological polar surface area (TPSA) is 78.3 Å². The van der Waals surface area contributed by atoms with Crippen molar-refractivity contribution in [2.45, 2.75) is 26.7 Å². The number of aromatic nitrogens is 3. The standard InChI is InChI=1S/C25H25FN4O3/c1-15-19(16(2)27-24-23(15)25(32-4)29-30(24)3)12-13-22(31)28-20-10-5-6-11-21(20)33-18-9-7-8-17(26)14-18/h5-11,14H,12-13H2,1-4H3,(H,28,31). The van der Waals surface area contributed by atoms with Crippen molar-refractivity contribution in [2.24, 2.45) is 7.05 Å². The molecule has 0 saturated carbocycles. The maximum absolute atomic E-state index is 13.5. The van der Waals surface area contributed by atoms with E-state index >= 15 is 0 Å². The predicted molar refractivity (Wildman–Crippen MR) is 124 cm³/mol. The van der Waals surface area contributed by atoms with Crippen molar-refractivity contribution in [3.8, 4) is 17.4 Å². The Labute approximate surface area is 191 Å². The second kappa shape index (κ2) is 9.28. The molecule has 0 bridgehead atoms. The molecule has 8 heteroatoms. The van der Waals surface area contributed by atoms with Gasteiger partial charge in [-0.25, -0.2) is 14.1 Å². The number of carbonyl (C=O) groups excluding carboxylic acids is 1. The van der Waals surface area contributed by atoms with Crippen LogP contribution in [0.4, 0.5) is 10.1 Å². The van der Waals surface area contributed by atoms with Crippen LogP contribution in [0, 0.1) is 19.7 Å². The first-order valence-electron chi connectivity index (χ1n) is 10.6. The molecule has 4 aromatic rings. The molecule has 0 unspecified atom stereocenters. The summed E-state index contributed by atoms with van der Waals surface area (Å²) in [5, 5.41) is 8.12. The van der Waals surface area contributed by atoms with Gasteiger partial charge in [0, 0.05) is 25.2 Å². The second-order valence-electron chi connectivity index (χ2n) is 7.74. The van der Waals surface area contributed by atoms with Crippen molar-refractivity contribution in [3.63, 3.8) is 0 Å². The molecule has 0 aliphatic heterocycles. The number of amides is 1. The van der Waals surface area contributed by atoms with Crippen LogP contribution in [0.25, 0.3) is 11.0 Å². The number of aryl methyl sites for hydroxylation is 3. The minimum absolute atomic E-state index is 0.164. The number of hydrogen-bond acceptors (Lipinski definition) is 5. The third kappa shape index (κ3) is 4.64. The summed E-state index contributed by atoms with van der Waals surface area (Å²) < 4.78 is 26.4. The Morgan fingerprint density at radius 3 is 2.70 bits per heavy atom. The maximum atomic E-state index is 13.5. The first kappa shape index (κ1) is 22.3. The zero-order valence-electron chi connectivity index (χ0n) is 19.0. The highest BCUT2D eigenvalue weighted by atomic mass is 19.1. The normalized spacial score (nSPS) is 10.9. The van der Waals surface area contributed by atoms with Gasteiger partial charge in [0.25, 0.3) is 0 Å². The fourth-order valence-corrected chi connectivity index (χ4v) is 3.87. The molecule has 4 rings (SSSR count). The Balaban J connectivity index is 1.50. The summed E-state index contributed by atoms with van der Waals surface area (Å²) in [6.45, 7) is 3.93. The summed E-state index contributed by atoms with van der Waals surface area (Å²) in [6.07, 6.45) is 0.767. The van der Waals surface area contributed by atoms with Crippen molar-refractivity contribution in [1.29, 1.82) is 0 Å². The molecule has 7 nitrogen and oxygen atoms in total. The van der Waals surface area contributed by atoms with Crippen molar-refractivity contribution in [2.75, 3.05) is 12.4 Å². The number of anilines is 1. The van der Waals surface area contributed by atoms with E-state index < -0.39 is 5.82 Å². The Morgan fingerprint density at radius 1 is 1.15 bits per heavy atom. The summed E-state index contributed by atoms with van der Waals surface area (Å²) in [5.74, 6) is 0.754. The summed E-state index contributed by atoms with van der Waals surface area (Å²) in [5.41, 5.74) is 4.12. The lowest BCUT2D eigenvalue weighted by Gasteiger charge is -2.13. The number of benzene rings is 2. The molecule has 0 aliphatic carbocycles. The van der Waals surface area contributed by atoms with E-state index in [1.54, 1.807) is 48.2 Å². The highest BCUT2D eigenvalue weighted by molar-refractivity contribution is 5.93. The van der Waals surface area contributed by atoms with Gasteiger partial charge in [-0.05, 0) is 55.7 Å². The zero-order chi connectivity index (χ0) is 23.5. The fraction of sp³-hybridized carbons (Fsp3) is 0.240. The van der Waals surface area contributed by atoms with Crippen LogP contribution in [0.15, 0.2) is 48.5 Å². The van der Waals surface area contributed by atoms with Crippen LogP contribution in [0.2, 0.25) is 0 Å². The molecular weight excluding hydrogens is 423 g/mol. The monoisotopic (exact) mass is 448 g/mol. The van der Waals surface area contributed by atoms with E-state index in [0.29, 0.717) is 29.5 Å². The Hall–Kier alpha value is -3.94. The van der Waals surface area contributed by atoms with Gasteiger partial charge in [0.2, 0.25) is 11.8 Å². The lowest BCUT2D eigenvalue weighted by Crippen LogP contribution is -2.14. The number of ether oxygens (including phenoxy) is 2. The lowest BCUT2D eigenvalue weighted by molar-refractivity contribution is -0.116. The molecule has 0 atom stereocenters. The van der Waals surface area contributed by atoms with Gasteiger partial charge in [-0.3, -0.25) is 4.79 Å². The highest BCUT2D eigenvalue weighted by Gasteiger charge is 2.19. The molecule has 0 saturated heterocycles. The smallest absolute Gasteiger partial charge is 0.242 e. The van der Waals surface area contributed by atoms with Gasteiger partial charge in [-0.1, -0.05) is 18.2 Å². The number of nitrogens with zero attached hydrogens (tertiary/aromatic N) is 3. The highest BCUT2D eigenvalue weighted by Crippen LogP contribution is 2.32. The number of carbonyl (C=O) groups is 1. The van der Waals surface area contributed by atoms with Gasteiger partial charge < -0.3 is 14.8 Å². The molecule has 0 aliphatic rings. The van der Waals surface area contributed by atoms with Crippen LogP contribution in [0.5, 0.6) is 17.4 Å². The summed E-state index contributed by atoms with van der Waals surface area (Å²) in [7, 11) is 3.41. The average molecular weight is 448 g/mol. The van der Waals surface area contributed by atoms with Crippen LogP contribution in [-0.2, 0) is 18.3 Å². The molecule has 1 amide bonds. The van der Waals surface area contributed by atoms with Gasteiger partial charge in [0.15, 0.2) is 11.4 Å². The fourth-order valence-electron chi connectivity index (χ4n) is 3.87. The SMILES string of the molecule is COc1nn(C)c2nc(C)c(CCC(=O)Nc3ccccc3Oc3cccc(F)c3)c(C)c12. The van der Waals surface area contributed by atoms with Gasteiger partial charge >= 0.3 is 0 Å². The van der Waals surface area contributed by atoms with Crippen LogP contribution in [0.1, 0.15) is 23.2 Å². The van der Waals surface area contributed by atoms with E-state index in [0.717, 1.165) is 27.9 Å². The second-order valence-corrected chi connectivity index (χ2v) is 7.74. The van der Waals surface area contributed by atoms with E-state index in [1.165, 1.54) is 12.1 Å². The summed E-state index contributed by atoms with van der Waals surface area (Å²) in [6, 6.07) is 12.9. The number of methoxy groups -OCH3 is 1. The van der Waals surface area contributed by atoms with Crippen LogP contribution >= 0.6 is 0 Å². The van der Waals surface area contributed by atoms with Crippen LogP contribution in [-0.4, -0.2) is 27.8 Å².